The molecule has 1 aliphatic carbocycles. The van der Waals surface area contributed by atoms with Crippen molar-refractivity contribution in [2.75, 3.05) is 12.4 Å². The fourth-order valence-electron chi connectivity index (χ4n) is 3.58. The summed E-state index contributed by atoms with van der Waals surface area (Å²) in [6.45, 7) is 2.60. The van der Waals surface area contributed by atoms with Crippen LogP contribution in [0.3, 0.4) is 0 Å². The highest BCUT2D eigenvalue weighted by Crippen LogP contribution is 2.30. The van der Waals surface area contributed by atoms with E-state index in [2.05, 4.69) is 10.6 Å². The van der Waals surface area contributed by atoms with Crippen LogP contribution in [0.25, 0.3) is 0 Å². The van der Waals surface area contributed by atoms with Crippen LogP contribution in [-0.4, -0.2) is 18.9 Å². The van der Waals surface area contributed by atoms with Gasteiger partial charge in [0.25, 0.3) is 0 Å². The van der Waals surface area contributed by atoms with E-state index in [4.69, 9.17) is 4.74 Å². The maximum Gasteiger partial charge on any atom is 0.227 e. The molecular weight excluding hydrogens is 352 g/mol. The van der Waals surface area contributed by atoms with Gasteiger partial charge in [-0.05, 0) is 62.4 Å². The zero-order valence-electron chi connectivity index (χ0n) is 16.5. The SMILES string of the molecule is COc1ccc(NC(=O)C2CCC(C(=O)NCc3ccc(C)cc3)CC2)cc1. The van der Waals surface area contributed by atoms with E-state index in [1.165, 1.54) is 5.56 Å². The van der Waals surface area contributed by atoms with Crippen LogP contribution in [-0.2, 0) is 16.1 Å². The van der Waals surface area contributed by atoms with Crippen LogP contribution in [0, 0.1) is 18.8 Å². The van der Waals surface area contributed by atoms with Crippen molar-refractivity contribution >= 4 is 17.5 Å². The monoisotopic (exact) mass is 380 g/mol. The van der Waals surface area contributed by atoms with Crippen molar-refractivity contribution in [2.45, 2.75) is 39.2 Å². The molecule has 1 aliphatic rings. The first-order chi connectivity index (χ1) is 13.5. The summed E-state index contributed by atoms with van der Waals surface area (Å²) in [5.41, 5.74) is 3.08. The topological polar surface area (TPSA) is 67.4 Å². The molecule has 3 rings (SSSR count). The molecule has 0 heterocycles. The van der Waals surface area contributed by atoms with E-state index >= 15 is 0 Å². The van der Waals surface area contributed by atoms with Crippen molar-refractivity contribution in [1.29, 1.82) is 0 Å². The number of ether oxygens (including phenoxy) is 1. The molecule has 1 saturated carbocycles. The van der Waals surface area contributed by atoms with Crippen molar-refractivity contribution in [3.8, 4) is 5.75 Å². The number of hydrogen-bond donors (Lipinski definition) is 2. The van der Waals surface area contributed by atoms with E-state index in [1.54, 1.807) is 7.11 Å². The summed E-state index contributed by atoms with van der Waals surface area (Å²) in [7, 11) is 1.61. The summed E-state index contributed by atoms with van der Waals surface area (Å²) in [6.07, 6.45) is 2.98. The second kappa shape index (κ2) is 9.40. The number of rotatable bonds is 6. The lowest BCUT2D eigenvalue weighted by molar-refractivity contribution is -0.128. The van der Waals surface area contributed by atoms with Crippen LogP contribution in [0.5, 0.6) is 5.75 Å². The number of carbonyl (C=O) groups excluding carboxylic acids is 2. The van der Waals surface area contributed by atoms with Crippen molar-refractivity contribution in [2.24, 2.45) is 11.8 Å². The molecule has 5 heteroatoms. The van der Waals surface area contributed by atoms with Crippen molar-refractivity contribution < 1.29 is 14.3 Å². The second-order valence-electron chi connectivity index (χ2n) is 7.47. The van der Waals surface area contributed by atoms with Gasteiger partial charge >= 0.3 is 0 Å². The quantitative estimate of drug-likeness (QED) is 0.794. The van der Waals surface area contributed by atoms with Crippen LogP contribution in [0.15, 0.2) is 48.5 Å². The van der Waals surface area contributed by atoms with Crippen LogP contribution in [0.4, 0.5) is 5.69 Å². The summed E-state index contributed by atoms with van der Waals surface area (Å²) in [6, 6.07) is 15.5. The Balaban J connectivity index is 1.43. The van der Waals surface area contributed by atoms with Crippen LogP contribution in [0.2, 0.25) is 0 Å². The third-order valence-electron chi connectivity index (χ3n) is 5.41. The maximum atomic E-state index is 12.5. The van der Waals surface area contributed by atoms with Gasteiger partial charge in [0, 0.05) is 24.1 Å². The molecule has 28 heavy (non-hydrogen) atoms. The minimum Gasteiger partial charge on any atom is -0.497 e. The molecule has 0 spiro atoms. The van der Waals surface area contributed by atoms with Gasteiger partial charge in [0.05, 0.1) is 7.11 Å². The number of amides is 2. The maximum absolute atomic E-state index is 12.5. The normalized spacial score (nSPS) is 18.9. The Morgan fingerprint density at radius 3 is 2.04 bits per heavy atom. The molecular formula is C23H28N2O3. The average molecular weight is 380 g/mol. The zero-order chi connectivity index (χ0) is 19.9. The summed E-state index contributed by atoms with van der Waals surface area (Å²) in [5.74, 6) is 0.840. The summed E-state index contributed by atoms with van der Waals surface area (Å²) >= 11 is 0. The third kappa shape index (κ3) is 5.35. The van der Waals surface area contributed by atoms with Crippen molar-refractivity contribution in [1.82, 2.24) is 5.32 Å². The number of aryl methyl sites for hydroxylation is 1. The van der Waals surface area contributed by atoms with Gasteiger partial charge < -0.3 is 15.4 Å². The first-order valence-electron chi connectivity index (χ1n) is 9.83. The third-order valence-corrected chi connectivity index (χ3v) is 5.41. The molecule has 0 aliphatic heterocycles. The van der Waals surface area contributed by atoms with E-state index in [-0.39, 0.29) is 23.7 Å². The molecule has 0 unspecified atom stereocenters. The van der Waals surface area contributed by atoms with E-state index in [0.717, 1.165) is 42.7 Å². The summed E-state index contributed by atoms with van der Waals surface area (Å²) < 4.78 is 5.13. The van der Waals surface area contributed by atoms with Crippen molar-refractivity contribution in [3.63, 3.8) is 0 Å². The molecule has 2 N–H and O–H groups in total. The first kappa shape index (κ1) is 19.9. The van der Waals surface area contributed by atoms with E-state index in [1.807, 2.05) is 55.5 Å². The molecule has 5 nitrogen and oxygen atoms in total. The molecule has 2 aromatic rings. The van der Waals surface area contributed by atoms with Crippen LogP contribution < -0.4 is 15.4 Å². The standard InChI is InChI=1S/C23H28N2O3/c1-16-3-5-17(6-4-16)15-24-22(26)18-7-9-19(10-8-18)23(27)25-20-11-13-21(28-2)14-12-20/h3-6,11-14,18-19H,7-10,15H2,1-2H3,(H,24,26)(H,25,27). The largest absolute Gasteiger partial charge is 0.497 e. The molecule has 0 aromatic heterocycles. The lowest BCUT2D eigenvalue weighted by atomic mass is 9.81. The molecule has 0 atom stereocenters. The minimum atomic E-state index is -0.0387. The Morgan fingerprint density at radius 2 is 1.46 bits per heavy atom. The predicted octanol–water partition coefficient (Wildman–Crippen LogP) is 4.06. The lowest BCUT2D eigenvalue weighted by Gasteiger charge is -2.27. The molecule has 2 amide bonds. The molecule has 0 bridgehead atoms. The molecule has 0 saturated heterocycles. The van der Waals surface area contributed by atoms with Gasteiger partial charge in [-0.3, -0.25) is 9.59 Å². The van der Waals surface area contributed by atoms with Gasteiger partial charge in [-0.25, -0.2) is 0 Å². The second-order valence-corrected chi connectivity index (χ2v) is 7.47. The predicted molar refractivity (Wildman–Crippen MR) is 110 cm³/mol. The summed E-state index contributed by atoms with van der Waals surface area (Å²) in [4.78, 5) is 24.9. The highest BCUT2D eigenvalue weighted by Gasteiger charge is 2.29. The molecule has 2 aromatic carbocycles. The van der Waals surface area contributed by atoms with Gasteiger partial charge in [-0.15, -0.1) is 0 Å². The number of nitrogens with one attached hydrogen (secondary N) is 2. The van der Waals surface area contributed by atoms with E-state index in [0.29, 0.717) is 6.54 Å². The summed E-state index contributed by atoms with van der Waals surface area (Å²) in [5, 5.41) is 5.99. The smallest absolute Gasteiger partial charge is 0.227 e. The van der Waals surface area contributed by atoms with Crippen LogP contribution >= 0.6 is 0 Å². The Kier molecular flexibility index (Phi) is 6.69. The number of methoxy groups -OCH3 is 1. The zero-order valence-corrected chi connectivity index (χ0v) is 16.5. The Labute approximate surface area is 166 Å². The fraction of sp³-hybridized carbons (Fsp3) is 0.391. The number of benzene rings is 2. The highest BCUT2D eigenvalue weighted by molar-refractivity contribution is 5.92. The van der Waals surface area contributed by atoms with Gasteiger partial charge in [-0.2, -0.15) is 0 Å². The number of carbonyl (C=O) groups is 2. The van der Waals surface area contributed by atoms with E-state index in [9.17, 15) is 9.59 Å². The van der Waals surface area contributed by atoms with Gasteiger partial charge in [0.1, 0.15) is 5.75 Å². The number of anilines is 1. The van der Waals surface area contributed by atoms with Gasteiger partial charge in [0.15, 0.2) is 0 Å². The molecule has 0 radical (unpaired) electrons. The number of hydrogen-bond acceptors (Lipinski definition) is 3. The lowest BCUT2D eigenvalue weighted by Crippen LogP contribution is -2.35. The average Bonchev–Trinajstić information content (AvgIpc) is 2.73. The Bertz CT molecular complexity index is 792. The fourth-order valence-corrected chi connectivity index (χ4v) is 3.58. The van der Waals surface area contributed by atoms with E-state index < -0.39 is 0 Å². The first-order valence-corrected chi connectivity index (χ1v) is 9.83. The molecule has 148 valence electrons. The minimum absolute atomic E-state index is 0.00418. The van der Waals surface area contributed by atoms with Gasteiger partial charge in [-0.1, -0.05) is 29.8 Å². The Morgan fingerprint density at radius 1 is 0.893 bits per heavy atom. The van der Waals surface area contributed by atoms with Crippen LogP contribution in [0.1, 0.15) is 36.8 Å². The van der Waals surface area contributed by atoms with Crippen molar-refractivity contribution in [3.05, 3.63) is 59.7 Å². The van der Waals surface area contributed by atoms with Gasteiger partial charge in [0.2, 0.25) is 11.8 Å². The highest BCUT2D eigenvalue weighted by atomic mass is 16.5. The Hall–Kier alpha value is -2.82. The molecule has 1 fully saturated rings.